The Kier molecular flexibility index (Phi) is 5.00. The van der Waals surface area contributed by atoms with Crippen LogP contribution in [0.2, 0.25) is 0 Å². The van der Waals surface area contributed by atoms with Crippen molar-refractivity contribution >= 4 is 44.7 Å². The minimum atomic E-state index is -0.207. The number of amides is 2. The number of piperidine rings is 1. The van der Waals surface area contributed by atoms with Gasteiger partial charge in [-0.05, 0) is 44.0 Å². The van der Waals surface area contributed by atoms with Crippen LogP contribution < -0.4 is 15.1 Å². The van der Waals surface area contributed by atoms with Gasteiger partial charge >= 0.3 is 0 Å². The third-order valence-corrected chi connectivity index (χ3v) is 7.44. The lowest BCUT2D eigenvalue weighted by molar-refractivity contribution is -0.920. The number of benzene rings is 2. The van der Waals surface area contributed by atoms with Crippen LogP contribution in [0.3, 0.4) is 0 Å². The van der Waals surface area contributed by atoms with Crippen LogP contribution in [0, 0.1) is 0 Å². The summed E-state index contributed by atoms with van der Waals surface area (Å²) in [7, 11) is 0. The van der Waals surface area contributed by atoms with Crippen molar-refractivity contribution in [3.05, 3.63) is 53.5 Å². The number of nitrogens with one attached hydrogen (secondary N) is 2. The highest BCUT2D eigenvalue weighted by Gasteiger charge is 2.37. The second-order valence-corrected chi connectivity index (χ2v) is 9.24. The molecule has 0 aliphatic carbocycles. The second-order valence-electron chi connectivity index (χ2n) is 8.18. The fourth-order valence-corrected chi connectivity index (χ4v) is 5.71. The fraction of sp³-hybridized carbons (Fsp3) is 0.348. The summed E-state index contributed by atoms with van der Waals surface area (Å²) in [6.07, 6.45) is 2.18. The predicted molar refractivity (Wildman–Crippen MR) is 119 cm³/mol. The molecule has 30 heavy (non-hydrogen) atoms. The third kappa shape index (κ3) is 3.48. The van der Waals surface area contributed by atoms with Gasteiger partial charge in [-0.3, -0.25) is 14.5 Å². The molecule has 0 spiro atoms. The van der Waals surface area contributed by atoms with Crippen molar-refractivity contribution in [1.29, 1.82) is 0 Å². The number of carbonyl (C=O) groups is 2. The summed E-state index contributed by atoms with van der Waals surface area (Å²) in [5.74, 6) is 0.242. The van der Waals surface area contributed by atoms with E-state index in [9.17, 15) is 9.59 Å². The maximum atomic E-state index is 13.4. The predicted octanol–water partition coefficient (Wildman–Crippen LogP) is 2.43. The Morgan fingerprint density at radius 2 is 2.03 bits per heavy atom. The van der Waals surface area contributed by atoms with Crippen molar-refractivity contribution < 1.29 is 14.5 Å². The molecule has 3 heterocycles. The van der Waals surface area contributed by atoms with Gasteiger partial charge in [-0.1, -0.05) is 24.3 Å². The molecular weight excluding hydrogens is 396 g/mol. The largest absolute Gasteiger partial charge is 0.324 e. The maximum absolute atomic E-state index is 13.4. The summed E-state index contributed by atoms with van der Waals surface area (Å²) in [6.45, 7) is 3.94. The van der Waals surface area contributed by atoms with Crippen LogP contribution in [0.25, 0.3) is 10.2 Å². The van der Waals surface area contributed by atoms with Crippen molar-refractivity contribution in [1.82, 2.24) is 4.98 Å². The molecule has 1 saturated heterocycles. The average Bonchev–Trinajstić information content (AvgIpc) is 3.22. The smallest absolute Gasteiger partial charge is 0.285 e. The Balaban J connectivity index is 1.35. The van der Waals surface area contributed by atoms with Gasteiger partial charge in [0.15, 0.2) is 6.04 Å². The molecule has 5 rings (SSSR count). The number of rotatable bonds is 3. The number of hydrogen-bond acceptors (Lipinski definition) is 4. The molecule has 3 aromatic rings. The Morgan fingerprint density at radius 1 is 1.23 bits per heavy atom. The number of thiazole rings is 1. The van der Waals surface area contributed by atoms with Crippen LogP contribution in [0.5, 0.6) is 0 Å². The van der Waals surface area contributed by atoms with E-state index < -0.39 is 0 Å². The van der Waals surface area contributed by atoms with Crippen LogP contribution in [0.15, 0.2) is 48.5 Å². The first-order chi connectivity index (χ1) is 14.6. The summed E-state index contributed by atoms with van der Waals surface area (Å²) in [4.78, 5) is 33.3. The lowest BCUT2D eigenvalue weighted by Crippen LogP contribution is -3.18. The highest BCUT2D eigenvalue weighted by molar-refractivity contribution is 7.18. The van der Waals surface area contributed by atoms with Crippen LogP contribution in [0.4, 0.5) is 11.4 Å². The van der Waals surface area contributed by atoms with Crippen LogP contribution >= 0.6 is 11.3 Å². The topological polar surface area (TPSA) is 66.7 Å². The molecule has 0 bridgehead atoms. The van der Waals surface area contributed by atoms with Gasteiger partial charge in [0.05, 0.1) is 40.6 Å². The number of para-hydroxylation sites is 3. The molecule has 2 aliphatic rings. The van der Waals surface area contributed by atoms with Gasteiger partial charge in [0.1, 0.15) is 11.6 Å². The number of carbonyl (C=O) groups excluding carboxylic acids is 2. The summed E-state index contributed by atoms with van der Waals surface area (Å²) in [6, 6.07) is 15.6. The minimum Gasteiger partial charge on any atom is -0.324 e. The summed E-state index contributed by atoms with van der Waals surface area (Å²) < 4.78 is 1.22. The van der Waals surface area contributed by atoms with Crippen molar-refractivity contribution in [3.63, 3.8) is 0 Å². The van der Waals surface area contributed by atoms with Crippen LogP contribution in [-0.2, 0) is 9.59 Å². The maximum Gasteiger partial charge on any atom is 0.285 e. The monoisotopic (exact) mass is 421 g/mol. The van der Waals surface area contributed by atoms with Crippen molar-refractivity contribution in [2.24, 2.45) is 0 Å². The van der Waals surface area contributed by atoms with E-state index in [-0.39, 0.29) is 24.4 Å². The fourth-order valence-electron chi connectivity index (χ4n) is 4.60. The van der Waals surface area contributed by atoms with E-state index in [1.807, 2.05) is 37.3 Å². The molecule has 2 N–H and O–H groups in total. The highest BCUT2D eigenvalue weighted by atomic mass is 32.1. The Hall–Kier alpha value is -2.77. The first kappa shape index (κ1) is 19.2. The SMILES string of the molecule is C[C@@H](C(=O)N1CC(=O)Nc2ccccc21)[NH+]1CCC[C@H](c2nc3ccccc3s2)C1. The molecule has 0 saturated carbocycles. The molecule has 0 radical (unpaired) electrons. The third-order valence-electron chi connectivity index (χ3n) is 6.24. The van der Waals surface area contributed by atoms with E-state index in [2.05, 4.69) is 23.5 Å². The van der Waals surface area contributed by atoms with Crippen molar-refractivity contribution in [2.75, 3.05) is 29.9 Å². The molecule has 1 fully saturated rings. The Morgan fingerprint density at radius 3 is 2.90 bits per heavy atom. The number of quaternary nitrogens is 1. The molecule has 2 aromatic carbocycles. The van der Waals surface area contributed by atoms with E-state index in [1.54, 1.807) is 16.2 Å². The van der Waals surface area contributed by atoms with Crippen molar-refractivity contribution in [2.45, 2.75) is 31.7 Å². The number of fused-ring (bicyclic) bond motifs is 2. The molecule has 3 atom stereocenters. The normalized spacial score (nSPS) is 22.4. The molecule has 7 heteroatoms. The molecule has 2 aliphatic heterocycles. The average molecular weight is 422 g/mol. The van der Waals surface area contributed by atoms with Crippen molar-refractivity contribution in [3.8, 4) is 0 Å². The van der Waals surface area contributed by atoms with Gasteiger partial charge < -0.3 is 10.2 Å². The molecule has 1 aromatic heterocycles. The van der Waals surface area contributed by atoms with Crippen LogP contribution in [0.1, 0.15) is 30.7 Å². The minimum absolute atomic E-state index is 0.0113. The van der Waals surface area contributed by atoms with E-state index in [4.69, 9.17) is 4.98 Å². The standard InChI is InChI=1S/C23H24N4O2S/c1-15(23(29)27-14-21(28)24-17-8-2-4-10-19(17)27)26-12-6-7-16(13-26)22-25-18-9-3-5-11-20(18)30-22/h2-5,8-11,15-16H,6-7,12-14H2,1H3,(H,24,28)/p+1/t15-,16-/m0/s1. The summed E-state index contributed by atoms with van der Waals surface area (Å²) >= 11 is 1.77. The Bertz CT molecular complexity index is 1080. The van der Waals surface area contributed by atoms with E-state index in [1.165, 1.54) is 14.6 Å². The van der Waals surface area contributed by atoms with E-state index >= 15 is 0 Å². The van der Waals surface area contributed by atoms with Gasteiger partial charge in [-0.2, -0.15) is 0 Å². The Labute approximate surface area is 179 Å². The lowest BCUT2D eigenvalue weighted by Gasteiger charge is -2.36. The first-order valence-electron chi connectivity index (χ1n) is 10.5. The van der Waals surface area contributed by atoms with Crippen LogP contribution in [-0.4, -0.2) is 42.5 Å². The number of nitrogens with zero attached hydrogens (tertiary/aromatic N) is 2. The first-order valence-corrected chi connectivity index (χ1v) is 11.3. The van der Waals surface area contributed by atoms with Gasteiger partial charge in [-0.15, -0.1) is 11.3 Å². The molecule has 6 nitrogen and oxygen atoms in total. The molecule has 1 unspecified atom stereocenters. The highest BCUT2D eigenvalue weighted by Crippen LogP contribution is 2.31. The van der Waals surface area contributed by atoms with E-state index in [0.717, 1.165) is 37.1 Å². The quantitative estimate of drug-likeness (QED) is 0.683. The van der Waals surface area contributed by atoms with Gasteiger partial charge in [0.25, 0.3) is 5.91 Å². The number of hydrogen-bond donors (Lipinski definition) is 2. The molecular formula is C23H25N4O2S+. The molecule has 2 amide bonds. The van der Waals surface area contributed by atoms with Gasteiger partial charge in [0, 0.05) is 0 Å². The zero-order chi connectivity index (χ0) is 20.7. The summed E-state index contributed by atoms with van der Waals surface area (Å²) in [5.41, 5.74) is 2.55. The van der Waals surface area contributed by atoms with Gasteiger partial charge in [0.2, 0.25) is 5.91 Å². The van der Waals surface area contributed by atoms with E-state index in [0.29, 0.717) is 11.6 Å². The number of likely N-dealkylation sites (tertiary alicyclic amines) is 1. The lowest BCUT2D eigenvalue weighted by atomic mass is 9.97. The molecule has 154 valence electrons. The zero-order valence-corrected chi connectivity index (χ0v) is 17.7. The zero-order valence-electron chi connectivity index (χ0n) is 16.9. The summed E-state index contributed by atoms with van der Waals surface area (Å²) in [5, 5.41) is 4.03. The van der Waals surface area contributed by atoms with Gasteiger partial charge in [-0.25, -0.2) is 4.98 Å². The number of aromatic nitrogens is 1. The number of anilines is 2. The second kappa shape index (κ2) is 7.81.